The number of rotatable bonds is 3. The fraction of sp³-hybridized carbons (Fsp3) is 0.0833. The molecule has 6 heteroatoms. The van der Waals surface area contributed by atoms with E-state index >= 15 is 0 Å². The predicted molar refractivity (Wildman–Crippen MR) is 65.1 cm³/mol. The molecule has 0 saturated heterocycles. The normalized spacial score (nSPS) is 10.3. The lowest BCUT2D eigenvalue weighted by Crippen LogP contribution is -2.09. The summed E-state index contributed by atoms with van der Waals surface area (Å²) in [6.45, 7) is 0. The maximum atomic E-state index is 12.2. The van der Waals surface area contributed by atoms with Gasteiger partial charge in [-0.3, -0.25) is 9.48 Å². The van der Waals surface area contributed by atoms with Gasteiger partial charge in [-0.1, -0.05) is 23.7 Å². The van der Waals surface area contributed by atoms with Gasteiger partial charge in [-0.05, 0) is 12.1 Å². The average molecular weight is 265 g/mol. The molecule has 0 aliphatic rings. The van der Waals surface area contributed by atoms with Crippen LogP contribution in [0.1, 0.15) is 26.4 Å². The first-order valence-electron chi connectivity index (χ1n) is 5.07. The lowest BCUT2D eigenvalue weighted by molar-refractivity contribution is 0.0692. The van der Waals surface area contributed by atoms with Crippen LogP contribution < -0.4 is 0 Å². The number of aromatic carboxylic acids is 1. The van der Waals surface area contributed by atoms with Gasteiger partial charge in [0, 0.05) is 18.8 Å². The first-order valence-corrected chi connectivity index (χ1v) is 5.44. The van der Waals surface area contributed by atoms with Gasteiger partial charge in [-0.2, -0.15) is 5.10 Å². The van der Waals surface area contributed by atoms with Gasteiger partial charge in [0.1, 0.15) is 11.3 Å². The van der Waals surface area contributed by atoms with Crippen LogP contribution in [-0.4, -0.2) is 26.6 Å². The average Bonchev–Trinajstić information content (AvgIpc) is 2.71. The fourth-order valence-corrected chi connectivity index (χ4v) is 1.81. The first kappa shape index (κ1) is 12.3. The number of benzene rings is 1. The quantitative estimate of drug-likeness (QED) is 0.861. The Hall–Kier alpha value is -2.14. The van der Waals surface area contributed by atoms with E-state index in [2.05, 4.69) is 5.10 Å². The molecule has 0 aliphatic heterocycles. The van der Waals surface area contributed by atoms with E-state index in [0.717, 1.165) is 0 Å². The van der Waals surface area contributed by atoms with Crippen molar-refractivity contribution in [1.82, 2.24) is 9.78 Å². The highest BCUT2D eigenvalue weighted by atomic mass is 35.5. The molecule has 1 aromatic carbocycles. The van der Waals surface area contributed by atoms with Crippen molar-refractivity contribution in [3.05, 3.63) is 52.3 Å². The van der Waals surface area contributed by atoms with Crippen molar-refractivity contribution in [2.75, 3.05) is 0 Å². The molecule has 18 heavy (non-hydrogen) atoms. The number of carboxylic acids is 1. The standard InChI is InChI=1S/C12H9ClN2O3/c1-15-6-8(12(17)18)10(14-15)11(16)7-4-2-3-5-9(7)13/h2-6H,1H3,(H,17,18). The molecule has 2 rings (SSSR count). The first-order chi connectivity index (χ1) is 8.50. The number of halogens is 1. The molecule has 0 radical (unpaired) electrons. The number of aromatic nitrogens is 2. The van der Waals surface area contributed by atoms with Crippen LogP contribution in [0.2, 0.25) is 5.02 Å². The number of hydrogen-bond acceptors (Lipinski definition) is 3. The molecule has 2 aromatic rings. The van der Waals surface area contributed by atoms with Crippen LogP contribution in [-0.2, 0) is 7.05 Å². The van der Waals surface area contributed by atoms with Gasteiger partial charge in [0.2, 0.25) is 5.78 Å². The smallest absolute Gasteiger partial charge is 0.339 e. The molecule has 0 atom stereocenters. The zero-order valence-corrected chi connectivity index (χ0v) is 10.2. The van der Waals surface area contributed by atoms with Crippen molar-refractivity contribution in [1.29, 1.82) is 0 Å². The largest absolute Gasteiger partial charge is 0.478 e. The molecule has 1 heterocycles. The lowest BCUT2D eigenvalue weighted by atomic mass is 10.1. The highest BCUT2D eigenvalue weighted by Gasteiger charge is 2.23. The second kappa shape index (κ2) is 4.62. The van der Waals surface area contributed by atoms with E-state index < -0.39 is 11.8 Å². The molecule has 0 spiro atoms. The molecular weight excluding hydrogens is 256 g/mol. The monoisotopic (exact) mass is 264 g/mol. The summed E-state index contributed by atoms with van der Waals surface area (Å²) >= 11 is 5.90. The van der Waals surface area contributed by atoms with Crippen LogP contribution in [0.5, 0.6) is 0 Å². The minimum Gasteiger partial charge on any atom is -0.478 e. The highest BCUT2D eigenvalue weighted by Crippen LogP contribution is 2.20. The van der Waals surface area contributed by atoms with Crippen molar-refractivity contribution < 1.29 is 14.7 Å². The Kier molecular flexibility index (Phi) is 3.16. The summed E-state index contributed by atoms with van der Waals surface area (Å²) in [4.78, 5) is 23.2. The Morgan fingerprint density at radius 1 is 1.28 bits per heavy atom. The number of carbonyl (C=O) groups excluding carboxylic acids is 1. The second-order valence-corrected chi connectivity index (χ2v) is 4.09. The van der Waals surface area contributed by atoms with Crippen molar-refractivity contribution in [2.45, 2.75) is 0 Å². The van der Waals surface area contributed by atoms with Crippen molar-refractivity contribution >= 4 is 23.4 Å². The van der Waals surface area contributed by atoms with E-state index in [4.69, 9.17) is 16.7 Å². The van der Waals surface area contributed by atoms with Crippen LogP contribution in [0.25, 0.3) is 0 Å². The number of ketones is 1. The number of carboxylic acid groups (broad SMARTS) is 1. The number of carbonyl (C=O) groups is 2. The van der Waals surface area contributed by atoms with E-state index in [-0.39, 0.29) is 21.8 Å². The summed E-state index contributed by atoms with van der Waals surface area (Å²) < 4.78 is 1.29. The fourth-order valence-electron chi connectivity index (χ4n) is 1.59. The molecule has 0 unspecified atom stereocenters. The lowest BCUT2D eigenvalue weighted by Gasteiger charge is -2.01. The SMILES string of the molecule is Cn1cc(C(=O)O)c(C(=O)c2ccccc2Cl)n1. The molecule has 0 aliphatic carbocycles. The summed E-state index contributed by atoms with van der Waals surface area (Å²) in [6.07, 6.45) is 1.28. The molecule has 0 amide bonds. The Balaban J connectivity index is 2.53. The molecular formula is C12H9ClN2O3. The topological polar surface area (TPSA) is 72.2 Å². The zero-order chi connectivity index (χ0) is 13.3. The third kappa shape index (κ3) is 2.12. The molecule has 1 N–H and O–H groups in total. The van der Waals surface area contributed by atoms with Gasteiger partial charge in [0.25, 0.3) is 0 Å². The molecule has 92 valence electrons. The molecule has 0 bridgehead atoms. The van der Waals surface area contributed by atoms with E-state index in [0.29, 0.717) is 0 Å². The van der Waals surface area contributed by atoms with Crippen LogP contribution in [0.15, 0.2) is 30.5 Å². The van der Waals surface area contributed by atoms with E-state index in [1.165, 1.54) is 16.9 Å². The van der Waals surface area contributed by atoms with Gasteiger partial charge >= 0.3 is 5.97 Å². The molecule has 5 nitrogen and oxygen atoms in total. The van der Waals surface area contributed by atoms with Crippen LogP contribution in [0.3, 0.4) is 0 Å². The minimum atomic E-state index is -1.20. The number of nitrogens with zero attached hydrogens (tertiary/aromatic N) is 2. The second-order valence-electron chi connectivity index (χ2n) is 3.68. The Labute approximate surface area is 108 Å². The Bertz CT molecular complexity index is 634. The molecule has 0 fully saturated rings. The Morgan fingerprint density at radius 2 is 1.94 bits per heavy atom. The van der Waals surface area contributed by atoms with Crippen LogP contribution in [0, 0.1) is 0 Å². The van der Waals surface area contributed by atoms with Gasteiger partial charge in [-0.15, -0.1) is 0 Å². The molecule has 0 saturated carbocycles. The molecule has 1 aromatic heterocycles. The van der Waals surface area contributed by atoms with Gasteiger partial charge in [0.15, 0.2) is 0 Å². The van der Waals surface area contributed by atoms with Gasteiger partial charge < -0.3 is 5.11 Å². The highest BCUT2D eigenvalue weighted by molar-refractivity contribution is 6.35. The third-order valence-electron chi connectivity index (χ3n) is 2.39. The summed E-state index contributed by atoms with van der Waals surface area (Å²) in [7, 11) is 1.55. The predicted octanol–water partition coefficient (Wildman–Crippen LogP) is 2.00. The summed E-state index contributed by atoms with van der Waals surface area (Å²) in [5, 5.41) is 13.2. The Morgan fingerprint density at radius 3 is 2.56 bits per heavy atom. The van der Waals surface area contributed by atoms with Gasteiger partial charge in [-0.25, -0.2) is 4.79 Å². The summed E-state index contributed by atoms with van der Waals surface area (Å²) in [5.41, 5.74) is -0.0131. The zero-order valence-electron chi connectivity index (χ0n) is 9.42. The van der Waals surface area contributed by atoms with Crippen LogP contribution >= 0.6 is 11.6 Å². The van der Waals surface area contributed by atoms with Crippen molar-refractivity contribution in [2.24, 2.45) is 7.05 Å². The summed E-state index contributed by atoms with van der Waals surface area (Å²) in [6, 6.07) is 6.45. The van der Waals surface area contributed by atoms with Crippen LogP contribution in [0.4, 0.5) is 0 Å². The van der Waals surface area contributed by atoms with Crippen molar-refractivity contribution in [3.63, 3.8) is 0 Å². The number of hydrogen-bond donors (Lipinski definition) is 1. The van der Waals surface area contributed by atoms with E-state index in [9.17, 15) is 9.59 Å². The van der Waals surface area contributed by atoms with E-state index in [1.807, 2.05) is 0 Å². The van der Waals surface area contributed by atoms with E-state index in [1.54, 1.807) is 25.2 Å². The third-order valence-corrected chi connectivity index (χ3v) is 2.72. The minimum absolute atomic E-state index is 0.113. The van der Waals surface area contributed by atoms with Crippen molar-refractivity contribution in [3.8, 4) is 0 Å². The van der Waals surface area contributed by atoms with Gasteiger partial charge in [0.05, 0.1) is 5.02 Å². The maximum absolute atomic E-state index is 12.2. The summed E-state index contributed by atoms with van der Waals surface area (Å²) in [5.74, 6) is -1.70. The maximum Gasteiger partial charge on any atom is 0.339 e. The number of aryl methyl sites for hydroxylation is 1.